The Bertz CT molecular complexity index is 782. The van der Waals surface area contributed by atoms with Gasteiger partial charge in [-0.1, -0.05) is 0 Å². The van der Waals surface area contributed by atoms with Gasteiger partial charge in [-0.2, -0.15) is 5.26 Å². The second-order valence-electron chi connectivity index (χ2n) is 7.42. The first-order valence-electron chi connectivity index (χ1n) is 9.35. The highest BCUT2D eigenvalue weighted by atomic mass is 16.6. The van der Waals surface area contributed by atoms with Crippen molar-refractivity contribution in [3.05, 3.63) is 35.4 Å². The lowest BCUT2D eigenvalue weighted by Gasteiger charge is -2.36. The molecule has 2 rings (SSSR count). The molecule has 1 aliphatic heterocycles. The van der Waals surface area contributed by atoms with Crippen molar-refractivity contribution in [2.75, 3.05) is 37.7 Å². The largest absolute Gasteiger partial charge is 0.463 e. The zero-order valence-electron chi connectivity index (χ0n) is 16.9. The van der Waals surface area contributed by atoms with Crippen molar-refractivity contribution < 1.29 is 19.1 Å². The van der Waals surface area contributed by atoms with E-state index in [1.807, 2.05) is 32.9 Å². The van der Waals surface area contributed by atoms with Crippen LogP contribution in [0, 0.1) is 11.3 Å². The maximum Gasteiger partial charge on any atom is 0.410 e. The number of piperazine rings is 1. The summed E-state index contributed by atoms with van der Waals surface area (Å²) in [7, 11) is 0. The molecule has 1 amide bonds. The van der Waals surface area contributed by atoms with Crippen LogP contribution in [0.25, 0.3) is 6.08 Å². The molecule has 0 aromatic heterocycles. The van der Waals surface area contributed by atoms with Crippen LogP contribution in [0.15, 0.2) is 24.3 Å². The molecule has 0 saturated carbocycles. The van der Waals surface area contributed by atoms with Crippen LogP contribution >= 0.6 is 0 Å². The summed E-state index contributed by atoms with van der Waals surface area (Å²) in [5.74, 6) is -0.442. The molecular formula is C21H27N3O4. The first-order valence-corrected chi connectivity index (χ1v) is 9.35. The van der Waals surface area contributed by atoms with Crippen LogP contribution in [0.4, 0.5) is 10.5 Å². The Hall–Kier alpha value is -3.01. The van der Waals surface area contributed by atoms with Crippen molar-refractivity contribution in [3.8, 4) is 6.07 Å². The molecule has 7 nitrogen and oxygen atoms in total. The maximum atomic E-state index is 12.2. The Labute approximate surface area is 166 Å². The minimum atomic E-state index is -0.512. The SMILES string of the molecule is CCOC(=O)/C=C/c1cc(N2CCN(C(=O)OC(C)(C)C)CC2)ccc1C#N. The fourth-order valence-corrected chi connectivity index (χ4v) is 2.81. The van der Waals surface area contributed by atoms with E-state index >= 15 is 0 Å². The molecule has 0 unspecified atom stereocenters. The highest BCUT2D eigenvalue weighted by Gasteiger charge is 2.26. The molecule has 0 bridgehead atoms. The number of rotatable bonds is 4. The van der Waals surface area contributed by atoms with Crippen LogP contribution in [0.5, 0.6) is 0 Å². The highest BCUT2D eigenvalue weighted by Crippen LogP contribution is 2.22. The van der Waals surface area contributed by atoms with Gasteiger partial charge in [-0.05, 0) is 57.5 Å². The molecule has 1 fully saturated rings. The minimum Gasteiger partial charge on any atom is -0.463 e. The van der Waals surface area contributed by atoms with Crippen molar-refractivity contribution in [2.24, 2.45) is 0 Å². The molecule has 0 radical (unpaired) electrons. The lowest BCUT2D eigenvalue weighted by atomic mass is 10.1. The van der Waals surface area contributed by atoms with Gasteiger partial charge in [0.2, 0.25) is 0 Å². The normalized spacial score (nSPS) is 14.7. The third-order valence-electron chi connectivity index (χ3n) is 4.14. The lowest BCUT2D eigenvalue weighted by Crippen LogP contribution is -2.50. The van der Waals surface area contributed by atoms with Gasteiger partial charge in [0.05, 0.1) is 18.2 Å². The maximum absolute atomic E-state index is 12.2. The fourth-order valence-electron chi connectivity index (χ4n) is 2.81. The number of carbonyl (C=O) groups excluding carboxylic acids is 2. The Morgan fingerprint density at radius 2 is 1.89 bits per heavy atom. The second-order valence-corrected chi connectivity index (χ2v) is 7.42. The summed E-state index contributed by atoms with van der Waals surface area (Å²) in [4.78, 5) is 27.6. The molecule has 1 heterocycles. The van der Waals surface area contributed by atoms with Gasteiger partial charge < -0.3 is 19.3 Å². The van der Waals surface area contributed by atoms with Gasteiger partial charge in [0.15, 0.2) is 0 Å². The Balaban J connectivity index is 2.07. The van der Waals surface area contributed by atoms with Gasteiger partial charge in [0, 0.05) is 37.9 Å². The number of hydrogen-bond donors (Lipinski definition) is 0. The van der Waals surface area contributed by atoms with E-state index in [2.05, 4.69) is 11.0 Å². The zero-order valence-corrected chi connectivity index (χ0v) is 16.9. The molecule has 0 spiro atoms. The fraction of sp³-hybridized carbons (Fsp3) is 0.476. The number of nitrogens with zero attached hydrogens (tertiary/aromatic N) is 3. The first-order chi connectivity index (χ1) is 13.2. The molecule has 0 N–H and O–H groups in total. The van der Waals surface area contributed by atoms with Crippen LogP contribution in [0.1, 0.15) is 38.8 Å². The average Bonchev–Trinajstić information content (AvgIpc) is 2.65. The highest BCUT2D eigenvalue weighted by molar-refractivity contribution is 5.87. The van der Waals surface area contributed by atoms with Crippen LogP contribution in [-0.2, 0) is 14.3 Å². The molecule has 0 atom stereocenters. The van der Waals surface area contributed by atoms with Crippen LogP contribution < -0.4 is 4.90 Å². The van der Waals surface area contributed by atoms with Gasteiger partial charge in [-0.3, -0.25) is 0 Å². The predicted octanol–water partition coefficient (Wildman–Crippen LogP) is 3.19. The van der Waals surface area contributed by atoms with Crippen molar-refractivity contribution in [1.82, 2.24) is 4.90 Å². The summed E-state index contributed by atoms with van der Waals surface area (Å²) in [5.41, 5.74) is 1.56. The van der Waals surface area contributed by atoms with E-state index in [1.54, 1.807) is 24.0 Å². The van der Waals surface area contributed by atoms with E-state index in [-0.39, 0.29) is 6.09 Å². The van der Waals surface area contributed by atoms with Gasteiger partial charge in [0.25, 0.3) is 0 Å². The number of ether oxygens (including phenoxy) is 2. The van der Waals surface area contributed by atoms with Gasteiger partial charge in [-0.25, -0.2) is 9.59 Å². The molecule has 0 aliphatic carbocycles. The number of carbonyl (C=O) groups is 2. The average molecular weight is 385 g/mol. The number of amides is 1. The molecular weight excluding hydrogens is 358 g/mol. The van der Waals surface area contributed by atoms with Crippen molar-refractivity contribution in [1.29, 1.82) is 5.26 Å². The quantitative estimate of drug-likeness (QED) is 0.585. The number of hydrogen-bond acceptors (Lipinski definition) is 6. The van der Waals surface area contributed by atoms with E-state index in [4.69, 9.17) is 9.47 Å². The molecule has 28 heavy (non-hydrogen) atoms. The summed E-state index contributed by atoms with van der Waals surface area (Å²) < 4.78 is 10.3. The van der Waals surface area contributed by atoms with Gasteiger partial charge >= 0.3 is 12.1 Å². The number of benzene rings is 1. The lowest BCUT2D eigenvalue weighted by molar-refractivity contribution is -0.137. The van der Waals surface area contributed by atoms with Crippen molar-refractivity contribution >= 4 is 23.8 Å². The van der Waals surface area contributed by atoms with E-state index in [0.29, 0.717) is 43.9 Å². The summed E-state index contributed by atoms with van der Waals surface area (Å²) in [6.07, 6.45) is 2.62. The van der Waals surface area contributed by atoms with E-state index < -0.39 is 11.6 Å². The topological polar surface area (TPSA) is 82.9 Å². The van der Waals surface area contributed by atoms with Crippen LogP contribution in [0.2, 0.25) is 0 Å². The van der Waals surface area contributed by atoms with Crippen molar-refractivity contribution in [3.63, 3.8) is 0 Å². The monoisotopic (exact) mass is 385 g/mol. The molecule has 150 valence electrons. The predicted molar refractivity (Wildman–Crippen MR) is 107 cm³/mol. The third kappa shape index (κ3) is 6.02. The van der Waals surface area contributed by atoms with Crippen LogP contribution in [0.3, 0.4) is 0 Å². The first kappa shape index (κ1) is 21.3. The molecule has 1 aromatic carbocycles. The Morgan fingerprint density at radius 3 is 2.46 bits per heavy atom. The molecule has 1 aromatic rings. The molecule has 1 aliphatic rings. The minimum absolute atomic E-state index is 0.301. The summed E-state index contributed by atoms with van der Waals surface area (Å²) >= 11 is 0. The number of esters is 1. The second kappa shape index (κ2) is 9.27. The Morgan fingerprint density at radius 1 is 1.21 bits per heavy atom. The molecule has 1 saturated heterocycles. The third-order valence-corrected chi connectivity index (χ3v) is 4.14. The van der Waals surface area contributed by atoms with Gasteiger partial charge in [0.1, 0.15) is 5.60 Å². The molecule has 7 heteroatoms. The summed E-state index contributed by atoms with van der Waals surface area (Å²) in [6.45, 7) is 10.0. The summed E-state index contributed by atoms with van der Waals surface area (Å²) in [6, 6.07) is 7.62. The zero-order chi connectivity index (χ0) is 20.7. The Kier molecular flexibility index (Phi) is 7.05. The van der Waals surface area contributed by atoms with Crippen LogP contribution in [-0.4, -0.2) is 55.3 Å². The smallest absolute Gasteiger partial charge is 0.410 e. The summed E-state index contributed by atoms with van der Waals surface area (Å²) in [5, 5.41) is 9.31. The number of anilines is 1. The van der Waals surface area contributed by atoms with E-state index in [0.717, 1.165) is 5.69 Å². The van der Waals surface area contributed by atoms with E-state index in [1.165, 1.54) is 6.08 Å². The van der Waals surface area contributed by atoms with E-state index in [9.17, 15) is 14.9 Å². The number of nitriles is 1. The van der Waals surface area contributed by atoms with Gasteiger partial charge in [-0.15, -0.1) is 0 Å². The van der Waals surface area contributed by atoms with Crippen molar-refractivity contribution in [2.45, 2.75) is 33.3 Å². The standard InChI is InChI=1S/C21H27N3O4/c1-5-27-19(25)9-7-16-14-18(8-6-17(16)15-22)23-10-12-24(13-11-23)20(26)28-21(2,3)4/h6-9,14H,5,10-13H2,1-4H3/b9-7+.